The minimum absolute atomic E-state index is 0.00495. The SMILES string of the molecule is CC1(C)c2ccccc2-c2cc(-c3nc(-c4ccccc4)nc(-c4ccc5ccccc5c4)n3)ccc2C1(C)C. The summed E-state index contributed by atoms with van der Waals surface area (Å²) in [5.41, 5.74) is 8.17. The van der Waals surface area contributed by atoms with Crippen molar-refractivity contribution in [1.82, 2.24) is 15.0 Å². The molecule has 0 fully saturated rings. The van der Waals surface area contributed by atoms with Gasteiger partial charge in [-0.3, -0.25) is 0 Å². The molecule has 40 heavy (non-hydrogen) atoms. The average Bonchev–Trinajstić information content (AvgIpc) is 3.00. The maximum absolute atomic E-state index is 5.05. The average molecular weight is 518 g/mol. The molecule has 0 bridgehead atoms. The Labute approximate surface area is 235 Å². The Kier molecular flexibility index (Phi) is 5.47. The second-order valence-corrected chi connectivity index (χ2v) is 11.8. The second kappa shape index (κ2) is 8.96. The molecule has 0 atom stereocenters. The van der Waals surface area contributed by atoms with Crippen LogP contribution in [0.15, 0.2) is 115 Å². The fourth-order valence-electron chi connectivity index (χ4n) is 6.07. The summed E-state index contributed by atoms with van der Waals surface area (Å²) in [5.74, 6) is 2.03. The van der Waals surface area contributed by atoms with Gasteiger partial charge in [0.2, 0.25) is 0 Å². The van der Waals surface area contributed by atoms with Gasteiger partial charge in [-0.15, -0.1) is 0 Å². The maximum Gasteiger partial charge on any atom is 0.164 e. The highest BCUT2D eigenvalue weighted by Gasteiger charge is 2.45. The van der Waals surface area contributed by atoms with Gasteiger partial charge < -0.3 is 0 Å². The van der Waals surface area contributed by atoms with Crippen LogP contribution in [0.1, 0.15) is 38.8 Å². The third kappa shape index (κ3) is 3.76. The number of hydrogen-bond acceptors (Lipinski definition) is 3. The molecule has 1 aliphatic carbocycles. The first-order chi connectivity index (χ1) is 19.3. The lowest BCUT2D eigenvalue weighted by Gasteiger charge is -2.48. The molecule has 3 heteroatoms. The third-order valence-corrected chi connectivity index (χ3v) is 9.08. The van der Waals surface area contributed by atoms with Crippen molar-refractivity contribution >= 4 is 10.8 Å². The van der Waals surface area contributed by atoms with Gasteiger partial charge >= 0.3 is 0 Å². The van der Waals surface area contributed by atoms with Gasteiger partial charge in [-0.2, -0.15) is 0 Å². The van der Waals surface area contributed by atoms with Crippen molar-refractivity contribution in [3.05, 3.63) is 126 Å². The normalized spacial score (nSPS) is 14.9. The van der Waals surface area contributed by atoms with Crippen molar-refractivity contribution in [3.63, 3.8) is 0 Å². The number of aromatic nitrogens is 3. The quantitative estimate of drug-likeness (QED) is 0.235. The molecule has 0 unspecified atom stereocenters. The molecule has 0 N–H and O–H groups in total. The van der Waals surface area contributed by atoms with Crippen LogP contribution in [0, 0.1) is 0 Å². The summed E-state index contributed by atoms with van der Waals surface area (Å²) in [4.78, 5) is 15.0. The van der Waals surface area contributed by atoms with E-state index >= 15 is 0 Å². The molecule has 5 aromatic carbocycles. The van der Waals surface area contributed by atoms with Crippen molar-refractivity contribution in [3.8, 4) is 45.3 Å². The van der Waals surface area contributed by atoms with Crippen molar-refractivity contribution in [2.75, 3.05) is 0 Å². The molecule has 1 heterocycles. The Morgan fingerprint density at radius 1 is 0.400 bits per heavy atom. The number of rotatable bonds is 3. The van der Waals surface area contributed by atoms with E-state index in [4.69, 9.17) is 15.0 Å². The van der Waals surface area contributed by atoms with E-state index in [0.29, 0.717) is 17.5 Å². The van der Waals surface area contributed by atoms with Crippen molar-refractivity contribution in [1.29, 1.82) is 0 Å². The Bertz CT molecular complexity index is 1900. The zero-order valence-corrected chi connectivity index (χ0v) is 23.3. The second-order valence-electron chi connectivity index (χ2n) is 11.8. The fraction of sp³-hybridized carbons (Fsp3) is 0.162. The number of fused-ring (bicyclic) bond motifs is 4. The number of nitrogens with zero attached hydrogens (tertiary/aromatic N) is 3. The molecule has 0 radical (unpaired) electrons. The van der Waals surface area contributed by atoms with Crippen LogP contribution in [-0.4, -0.2) is 15.0 Å². The van der Waals surface area contributed by atoms with Crippen LogP contribution in [-0.2, 0) is 10.8 Å². The Hall–Kier alpha value is -4.63. The van der Waals surface area contributed by atoms with Crippen molar-refractivity contribution < 1.29 is 0 Å². The molecule has 0 saturated heterocycles. The van der Waals surface area contributed by atoms with E-state index in [2.05, 4.69) is 125 Å². The standard InChI is InChI=1S/C37H31N3/c1-36(2)31-17-11-10-16-29(31)30-23-28(20-21-32(30)37(36,3)4)35-39-33(25-13-6-5-7-14-25)38-34(40-35)27-19-18-24-12-8-9-15-26(24)22-27/h5-23H,1-4H3. The molecular formula is C37H31N3. The summed E-state index contributed by atoms with van der Waals surface area (Å²) in [7, 11) is 0. The van der Waals surface area contributed by atoms with Crippen LogP contribution < -0.4 is 0 Å². The molecule has 0 saturated carbocycles. The van der Waals surface area contributed by atoms with E-state index < -0.39 is 0 Å². The molecule has 1 aromatic heterocycles. The molecule has 7 rings (SSSR count). The van der Waals surface area contributed by atoms with Crippen LogP contribution in [0.5, 0.6) is 0 Å². The Morgan fingerprint density at radius 2 is 0.925 bits per heavy atom. The maximum atomic E-state index is 5.05. The van der Waals surface area contributed by atoms with E-state index in [9.17, 15) is 0 Å². The molecule has 194 valence electrons. The first-order valence-corrected chi connectivity index (χ1v) is 13.9. The van der Waals surface area contributed by atoms with Gasteiger partial charge in [0.1, 0.15) is 0 Å². The van der Waals surface area contributed by atoms with Gasteiger partial charge in [0.05, 0.1) is 0 Å². The monoisotopic (exact) mass is 517 g/mol. The largest absolute Gasteiger partial charge is 0.208 e. The molecule has 3 nitrogen and oxygen atoms in total. The summed E-state index contributed by atoms with van der Waals surface area (Å²) >= 11 is 0. The minimum Gasteiger partial charge on any atom is -0.208 e. The fourth-order valence-corrected chi connectivity index (χ4v) is 6.07. The summed E-state index contributed by atoms with van der Waals surface area (Å²) in [6, 6.07) is 40.5. The zero-order valence-electron chi connectivity index (χ0n) is 23.3. The molecule has 1 aliphatic rings. The highest BCUT2D eigenvalue weighted by Crippen LogP contribution is 2.54. The minimum atomic E-state index is -0.0419. The lowest BCUT2D eigenvalue weighted by molar-refractivity contribution is 0.299. The molecule has 0 spiro atoms. The summed E-state index contributed by atoms with van der Waals surface area (Å²) in [6.45, 7) is 9.43. The first-order valence-electron chi connectivity index (χ1n) is 13.9. The van der Waals surface area contributed by atoms with Crippen molar-refractivity contribution in [2.24, 2.45) is 0 Å². The van der Waals surface area contributed by atoms with Gasteiger partial charge in [-0.1, -0.05) is 131 Å². The van der Waals surface area contributed by atoms with E-state index in [1.807, 2.05) is 18.2 Å². The molecule has 0 aliphatic heterocycles. The van der Waals surface area contributed by atoms with Crippen LogP contribution in [0.2, 0.25) is 0 Å². The smallest absolute Gasteiger partial charge is 0.164 e. The lowest BCUT2D eigenvalue weighted by Crippen LogP contribution is -2.43. The van der Waals surface area contributed by atoms with E-state index in [-0.39, 0.29) is 10.8 Å². The summed E-state index contributed by atoms with van der Waals surface area (Å²) < 4.78 is 0. The Balaban J connectivity index is 1.44. The summed E-state index contributed by atoms with van der Waals surface area (Å²) in [5, 5.41) is 2.36. The highest BCUT2D eigenvalue weighted by atomic mass is 15.0. The highest BCUT2D eigenvalue weighted by molar-refractivity contribution is 5.87. The summed E-state index contributed by atoms with van der Waals surface area (Å²) in [6.07, 6.45) is 0. The van der Waals surface area contributed by atoms with Gasteiger partial charge in [0, 0.05) is 16.7 Å². The zero-order chi connectivity index (χ0) is 27.5. The van der Waals surface area contributed by atoms with Gasteiger partial charge in [0.25, 0.3) is 0 Å². The lowest BCUT2D eigenvalue weighted by atomic mass is 9.55. The van der Waals surface area contributed by atoms with Crippen LogP contribution in [0.3, 0.4) is 0 Å². The van der Waals surface area contributed by atoms with Gasteiger partial charge in [-0.05, 0) is 56.0 Å². The molecule has 6 aromatic rings. The van der Waals surface area contributed by atoms with Gasteiger partial charge in [-0.25, -0.2) is 15.0 Å². The van der Waals surface area contributed by atoms with E-state index in [0.717, 1.165) is 16.7 Å². The predicted octanol–water partition coefficient (Wildman–Crippen LogP) is 9.26. The molecular weight excluding hydrogens is 486 g/mol. The number of benzene rings is 5. The topological polar surface area (TPSA) is 38.7 Å². The van der Waals surface area contributed by atoms with Crippen LogP contribution >= 0.6 is 0 Å². The molecule has 0 amide bonds. The first kappa shape index (κ1) is 24.4. The third-order valence-electron chi connectivity index (χ3n) is 9.08. The van der Waals surface area contributed by atoms with Crippen molar-refractivity contribution in [2.45, 2.75) is 38.5 Å². The number of hydrogen-bond donors (Lipinski definition) is 0. The van der Waals surface area contributed by atoms with Crippen LogP contribution in [0.25, 0.3) is 56.1 Å². The van der Waals surface area contributed by atoms with Crippen LogP contribution in [0.4, 0.5) is 0 Å². The predicted molar refractivity (Wildman–Crippen MR) is 165 cm³/mol. The Morgan fingerprint density at radius 3 is 1.65 bits per heavy atom. The van der Waals surface area contributed by atoms with E-state index in [1.54, 1.807) is 0 Å². The van der Waals surface area contributed by atoms with E-state index in [1.165, 1.54) is 33.0 Å². The van der Waals surface area contributed by atoms with Gasteiger partial charge in [0.15, 0.2) is 17.5 Å².